The monoisotopic (exact) mass is 319 g/mol. The van der Waals surface area contributed by atoms with E-state index in [0.29, 0.717) is 22.6 Å². The summed E-state index contributed by atoms with van der Waals surface area (Å²) >= 11 is 0. The van der Waals surface area contributed by atoms with Crippen LogP contribution >= 0.6 is 0 Å². The molecular formula is C16H17NO6. The number of aliphatic hydroxyl groups is 1. The third-order valence-corrected chi connectivity index (χ3v) is 3.44. The summed E-state index contributed by atoms with van der Waals surface area (Å²) in [6.45, 7) is 0. The van der Waals surface area contributed by atoms with E-state index in [4.69, 9.17) is 14.2 Å². The Morgan fingerprint density at radius 2 is 1.43 bits per heavy atom. The van der Waals surface area contributed by atoms with Gasteiger partial charge in [0.15, 0.2) is 17.2 Å². The van der Waals surface area contributed by atoms with E-state index in [1.54, 1.807) is 24.3 Å². The summed E-state index contributed by atoms with van der Waals surface area (Å²) in [5, 5.41) is 21.6. The van der Waals surface area contributed by atoms with Crippen LogP contribution in [-0.2, 0) is 0 Å². The molecule has 1 N–H and O–H groups in total. The van der Waals surface area contributed by atoms with Gasteiger partial charge in [0.2, 0.25) is 0 Å². The molecule has 0 bridgehead atoms. The Morgan fingerprint density at radius 1 is 0.913 bits per heavy atom. The maximum atomic E-state index is 11.1. The van der Waals surface area contributed by atoms with Crippen LogP contribution in [0.5, 0.6) is 17.2 Å². The van der Waals surface area contributed by atoms with Gasteiger partial charge in [-0.05, 0) is 29.3 Å². The lowest BCUT2D eigenvalue weighted by Crippen LogP contribution is -2.03. The van der Waals surface area contributed by atoms with E-state index in [1.807, 2.05) is 0 Å². The highest BCUT2D eigenvalue weighted by molar-refractivity contribution is 5.51. The second-order valence-electron chi connectivity index (χ2n) is 4.71. The maximum Gasteiger partial charge on any atom is 0.311 e. The topological polar surface area (TPSA) is 91.1 Å². The van der Waals surface area contributed by atoms with Crippen molar-refractivity contribution in [2.24, 2.45) is 0 Å². The van der Waals surface area contributed by atoms with Gasteiger partial charge in [-0.2, -0.15) is 0 Å². The molecule has 7 heteroatoms. The molecule has 0 spiro atoms. The number of benzene rings is 2. The van der Waals surface area contributed by atoms with Crippen molar-refractivity contribution in [3.63, 3.8) is 0 Å². The highest BCUT2D eigenvalue weighted by Gasteiger charge is 2.20. The lowest BCUT2D eigenvalue weighted by Gasteiger charge is -2.15. The molecule has 0 heterocycles. The number of nitrogens with zero attached hydrogens (tertiary/aromatic N) is 1. The molecule has 122 valence electrons. The standard InChI is InChI=1S/C16H17NO6/c1-21-13-6-4-10(8-12(13)17(19)20)16(18)11-5-7-14(22-2)15(9-11)23-3/h4-9,16,18H,1-3H3/t16-/m1/s1. The van der Waals surface area contributed by atoms with Crippen LogP contribution in [0.25, 0.3) is 0 Å². The minimum Gasteiger partial charge on any atom is -0.493 e. The van der Waals surface area contributed by atoms with E-state index in [2.05, 4.69) is 0 Å². The first-order chi connectivity index (χ1) is 11.0. The first-order valence-corrected chi connectivity index (χ1v) is 6.74. The van der Waals surface area contributed by atoms with Crippen molar-refractivity contribution in [2.45, 2.75) is 6.10 Å². The number of aliphatic hydroxyl groups excluding tert-OH is 1. The van der Waals surface area contributed by atoms with Gasteiger partial charge in [-0.25, -0.2) is 0 Å². The fourth-order valence-electron chi connectivity index (χ4n) is 2.24. The second kappa shape index (κ2) is 6.97. The Hall–Kier alpha value is -2.80. The molecule has 0 amide bonds. The normalized spacial score (nSPS) is 11.7. The Morgan fingerprint density at radius 3 is 1.96 bits per heavy atom. The number of ether oxygens (including phenoxy) is 3. The van der Waals surface area contributed by atoms with Crippen LogP contribution in [0.1, 0.15) is 17.2 Å². The van der Waals surface area contributed by atoms with Gasteiger partial charge in [-0.1, -0.05) is 12.1 Å². The SMILES string of the molecule is COc1ccc([C@H](O)c2ccc(OC)c([N+](=O)[O-])c2)cc1OC. The number of hydrogen-bond donors (Lipinski definition) is 1. The number of hydrogen-bond acceptors (Lipinski definition) is 6. The molecule has 0 radical (unpaired) electrons. The van der Waals surface area contributed by atoms with Crippen LogP contribution in [0.4, 0.5) is 5.69 Å². The second-order valence-corrected chi connectivity index (χ2v) is 4.71. The molecule has 0 aliphatic carbocycles. The molecule has 2 aromatic rings. The molecule has 1 atom stereocenters. The van der Waals surface area contributed by atoms with Gasteiger partial charge in [-0.3, -0.25) is 10.1 Å². The van der Waals surface area contributed by atoms with E-state index < -0.39 is 11.0 Å². The molecule has 0 aromatic heterocycles. The zero-order valence-electron chi connectivity index (χ0n) is 13.0. The summed E-state index contributed by atoms with van der Waals surface area (Å²) < 4.78 is 15.3. The third-order valence-electron chi connectivity index (χ3n) is 3.44. The smallest absolute Gasteiger partial charge is 0.311 e. The lowest BCUT2D eigenvalue weighted by atomic mass is 10.0. The molecular weight excluding hydrogens is 302 g/mol. The first kappa shape index (κ1) is 16.6. The average Bonchev–Trinajstić information content (AvgIpc) is 2.59. The van der Waals surface area contributed by atoms with Crippen molar-refractivity contribution < 1.29 is 24.2 Å². The Bertz CT molecular complexity index is 716. The summed E-state index contributed by atoms with van der Waals surface area (Å²) in [4.78, 5) is 10.5. The molecule has 2 rings (SSSR count). The van der Waals surface area contributed by atoms with Crippen LogP contribution in [0.2, 0.25) is 0 Å². The summed E-state index contributed by atoms with van der Waals surface area (Å²) in [5.41, 5.74) is 0.705. The van der Waals surface area contributed by atoms with E-state index in [1.165, 1.54) is 33.5 Å². The Kier molecular flexibility index (Phi) is 5.02. The molecule has 23 heavy (non-hydrogen) atoms. The third kappa shape index (κ3) is 3.35. The molecule has 7 nitrogen and oxygen atoms in total. The van der Waals surface area contributed by atoms with Gasteiger partial charge < -0.3 is 19.3 Å². The minimum absolute atomic E-state index is 0.137. The van der Waals surface area contributed by atoms with Crippen molar-refractivity contribution in [3.8, 4) is 17.2 Å². The summed E-state index contributed by atoms with van der Waals surface area (Å²) in [7, 11) is 4.36. The largest absolute Gasteiger partial charge is 0.493 e. The average molecular weight is 319 g/mol. The number of nitro groups is 1. The van der Waals surface area contributed by atoms with Gasteiger partial charge in [0.05, 0.1) is 26.3 Å². The lowest BCUT2D eigenvalue weighted by molar-refractivity contribution is -0.385. The highest BCUT2D eigenvalue weighted by atomic mass is 16.6. The summed E-state index contributed by atoms with van der Waals surface area (Å²) in [5.74, 6) is 1.13. The van der Waals surface area contributed by atoms with E-state index in [9.17, 15) is 15.2 Å². The van der Waals surface area contributed by atoms with Crippen LogP contribution in [0, 0.1) is 10.1 Å². The maximum absolute atomic E-state index is 11.1. The number of nitro benzene ring substituents is 1. The van der Waals surface area contributed by atoms with E-state index in [0.717, 1.165) is 0 Å². The van der Waals surface area contributed by atoms with Gasteiger partial charge >= 0.3 is 5.69 Å². The van der Waals surface area contributed by atoms with Crippen molar-refractivity contribution in [2.75, 3.05) is 21.3 Å². The van der Waals surface area contributed by atoms with Crippen molar-refractivity contribution in [1.29, 1.82) is 0 Å². The fraction of sp³-hybridized carbons (Fsp3) is 0.250. The molecule has 0 saturated carbocycles. The predicted octanol–water partition coefficient (Wildman–Crippen LogP) is 2.70. The van der Waals surface area contributed by atoms with Crippen LogP contribution in [-0.4, -0.2) is 31.4 Å². The van der Waals surface area contributed by atoms with Crippen LogP contribution in [0.3, 0.4) is 0 Å². The van der Waals surface area contributed by atoms with Gasteiger partial charge in [-0.15, -0.1) is 0 Å². The van der Waals surface area contributed by atoms with Crippen LogP contribution < -0.4 is 14.2 Å². The zero-order valence-corrected chi connectivity index (χ0v) is 13.0. The van der Waals surface area contributed by atoms with Crippen molar-refractivity contribution >= 4 is 5.69 Å². The molecule has 0 fully saturated rings. The Balaban J connectivity index is 2.42. The van der Waals surface area contributed by atoms with Gasteiger partial charge in [0.1, 0.15) is 6.10 Å². The first-order valence-electron chi connectivity index (χ1n) is 6.74. The highest BCUT2D eigenvalue weighted by Crippen LogP contribution is 2.35. The fourth-order valence-corrected chi connectivity index (χ4v) is 2.24. The van der Waals surface area contributed by atoms with Crippen molar-refractivity contribution in [1.82, 2.24) is 0 Å². The number of methoxy groups -OCH3 is 3. The van der Waals surface area contributed by atoms with Gasteiger partial charge in [0, 0.05) is 6.07 Å². The predicted molar refractivity (Wildman–Crippen MR) is 83.3 cm³/mol. The van der Waals surface area contributed by atoms with Gasteiger partial charge in [0.25, 0.3) is 0 Å². The zero-order chi connectivity index (χ0) is 17.0. The van der Waals surface area contributed by atoms with E-state index in [-0.39, 0.29) is 11.4 Å². The summed E-state index contributed by atoms with van der Waals surface area (Å²) in [6.07, 6.45) is -1.04. The Labute approximate surface area is 133 Å². The molecule has 0 aliphatic heterocycles. The van der Waals surface area contributed by atoms with Crippen molar-refractivity contribution in [3.05, 3.63) is 57.6 Å². The molecule has 0 aliphatic rings. The summed E-state index contributed by atoms with van der Waals surface area (Å²) in [6, 6.07) is 9.28. The minimum atomic E-state index is -1.04. The quantitative estimate of drug-likeness (QED) is 0.650. The molecule has 0 saturated heterocycles. The molecule has 2 aromatic carbocycles. The number of rotatable bonds is 6. The molecule has 0 unspecified atom stereocenters. The van der Waals surface area contributed by atoms with E-state index >= 15 is 0 Å². The van der Waals surface area contributed by atoms with Crippen LogP contribution in [0.15, 0.2) is 36.4 Å².